The van der Waals surface area contributed by atoms with Gasteiger partial charge in [-0.1, -0.05) is 18.2 Å². The molecular weight excluding hydrogens is 203 g/mol. The van der Waals surface area contributed by atoms with Crippen LogP contribution in [0.25, 0.3) is 0 Å². The summed E-state index contributed by atoms with van der Waals surface area (Å²) in [6, 6.07) is 6.04. The van der Waals surface area contributed by atoms with Gasteiger partial charge in [-0.25, -0.2) is 0 Å². The Morgan fingerprint density at radius 1 is 1.23 bits per heavy atom. The van der Waals surface area contributed by atoms with E-state index in [9.17, 15) is 13.2 Å². The molecule has 0 saturated heterocycles. The summed E-state index contributed by atoms with van der Waals surface area (Å²) < 4.78 is 36.1. The number of nitrogens with zero attached hydrogens (tertiary/aromatic N) is 1. The predicted octanol–water partition coefficient (Wildman–Crippen LogP) is 3.48. The summed E-state index contributed by atoms with van der Waals surface area (Å²) in [6.07, 6.45) is -4.55. The van der Waals surface area contributed by atoms with Gasteiger partial charge in [-0.3, -0.25) is 0 Å². The summed E-state index contributed by atoms with van der Waals surface area (Å²) in [5.41, 5.74) is 0.437. The number of hydrogen-bond donors (Lipinski definition) is 0. The number of anilines is 1. The first kappa shape index (κ1) is 10.2. The van der Waals surface area contributed by atoms with E-state index < -0.39 is 6.30 Å². The van der Waals surface area contributed by atoms with Gasteiger partial charge in [0, 0.05) is 11.8 Å². The maximum atomic E-state index is 12.1. The van der Waals surface area contributed by atoms with Gasteiger partial charge >= 0.3 is 6.30 Å². The first-order chi connectivity index (χ1) is 5.93. The minimum atomic E-state index is -4.55. The zero-order valence-electron chi connectivity index (χ0n) is 6.77. The highest BCUT2D eigenvalue weighted by molar-refractivity contribution is 6.26. The molecule has 0 unspecified atom stereocenters. The summed E-state index contributed by atoms with van der Waals surface area (Å²) in [7, 11) is 0. The molecule has 1 nitrogen and oxygen atoms in total. The smallest absolute Gasteiger partial charge is 0.193 e. The lowest BCUT2D eigenvalue weighted by atomic mass is 10.2. The van der Waals surface area contributed by atoms with Crippen LogP contribution in [0.2, 0.25) is 0 Å². The summed E-state index contributed by atoms with van der Waals surface area (Å²) >= 11 is 5.10. The lowest BCUT2D eigenvalue weighted by Crippen LogP contribution is -2.29. The van der Waals surface area contributed by atoms with Crippen molar-refractivity contribution in [2.45, 2.75) is 13.2 Å². The number of rotatable bonds is 1. The van der Waals surface area contributed by atoms with Crippen molar-refractivity contribution in [2.75, 3.05) is 4.42 Å². The predicted molar refractivity (Wildman–Crippen MR) is 45.6 cm³/mol. The van der Waals surface area contributed by atoms with Gasteiger partial charge < -0.3 is 0 Å². The molecule has 0 aliphatic carbocycles. The molecule has 5 heteroatoms. The first-order valence-corrected chi connectivity index (χ1v) is 3.85. The van der Waals surface area contributed by atoms with Gasteiger partial charge in [0.2, 0.25) is 0 Å². The Labute approximate surface area is 78.8 Å². The van der Waals surface area contributed by atoms with E-state index in [1.165, 1.54) is 12.1 Å². The van der Waals surface area contributed by atoms with Crippen LogP contribution in [0.5, 0.6) is 0 Å². The van der Waals surface area contributed by atoms with Crippen molar-refractivity contribution in [3.63, 3.8) is 0 Å². The highest BCUT2D eigenvalue weighted by atomic mass is 35.5. The van der Waals surface area contributed by atoms with Gasteiger partial charge in [0.1, 0.15) is 0 Å². The second-order valence-electron chi connectivity index (χ2n) is 2.54. The standard InChI is InChI=1S/C8H7ClF3N/c1-6-4-2-3-5-7(6)13(9)8(10,11)12/h2-5H,1H3. The molecule has 0 aliphatic heterocycles. The molecule has 0 saturated carbocycles. The Hall–Kier alpha value is -0.900. The highest BCUT2D eigenvalue weighted by Gasteiger charge is 2.37. The Kier molecular flexibility index (Phi) is 2.71. The quantitative estimate of drug-likeness (QED) is 0.506. The molecule has 0 bridgehead atoms. The molecular formula is C8H7ClF3N. The molecule has 1 aromatic carbocycles. The van der Waals surface area contributed by atoms with E-state index in [1.54, 1.807) is 19.1 Å². The zero-order chi connectivity index (χ0) is 10.1. The molecule has 0 heterocycles. The topological polar surface area (TPSA) is 3.24 Å². The number of aryl methyl sites for hydroxylation is 1. The van der Waals surface area contributed by atoms with Gasteiger partial charge in [0.25, 0.3) is 0 Å². The third-order valence-electron chi connectivity index (χ3n) is 1.55. The molecule has 0 amide bonds. The second kappa shape index (κ2) is 3.46. The number of alkyl halides is 3. The van der Waals surface area contributed by atoms with Crippen LogP contribution in [-0.4, -0.2) is 6.30 Å². The van der Waals surface area contributed by atoms with E-state index in [2.05, 4.69) is 0 Å². The van der Waals surface area contributed by atoms with Crippen LogP contribution in [0.4, 0.5) is 18.9 Å². The summed E-state index contributed by atoms with van der Waals surface area (Å²) in [5, 5.41) is 0. The maximum Gasteiger partial charge on any atom is 0.499 e. The van der Waals surface area contributed by atoms with E-state index >= 15 is 0 Å². The molecule has 0 N–H and O–H groups in total. The molecule has 1 rings (SSSR count). The minimum absolute atomic E-state index is 0.0448. The van der Waals surface area contributed by atoms with E-state index in [0.29, 0.717) is 5.56 Å². The molecule has 0 spiro atoms. The monoisotopic (exact) mass is 209 g/mol. The van der Waals surface area contributed by atoms with Crippen molar-refractivity contribution in [3.05, 3.63) is 29.8 Å². The highest BCUT2D eigenvalue weighted by Crippen LogP contribution is 2.32. The van der Waals surface area contributed by atoms with Crippen LogP contribution in [0.15, 0.2) is 24.3 Å². The SMILES string of the molecule is Cc1ccccc1N(Cl)C(F)(F)F. The minimum Gasteiger partial charge on any atom is -0.193 e. The zero-order valence-corrected chi connectivity index (χ0v) is 7.52. The van der Waals surface area contributed by atoms with Crippen LogP contribution in [-0.2, 0) is 0 Å². The Morgan fingerprint density at radius 2 is 1.77 bits per heavy atom. The molecule has 0 fully saturated rings. The van der Waals surface area contributed by atoms with Gasteiger partial charge in [-0.2, -0.15) is 4.42 Å². The van der Waals surface area contributed by atoms with Gasteiger partial charge in [-0.15, -0.1) is 13.2 Å². The van der Waals surface area contributed by atoms with Crippen LogP contribution in [0, 0.1) is 6.92 Å². The molecule has 0 radical (unpaired) electrons. The molecule has 13 heavy (non-hydrogen) atoms. The van der Waals surface area contributed by atoms with Gasteiger partial charge in [0.05, 0.1) is 5.69 Å². The average molecular weight is 210 g/mol. The first-order valence-electron chi connectivity index (χ1n) is 3.51. The number of hydrogen-bond acceptors (Lipinski definition) is 1. The third kappa shape index (κ3) is 2.28. The molecule has 1 aromatic rings. The summed E-state index contributed by atoms with van der Waals surface area (Å²) in [5.74, 6) is 0. The fourth-order valence-corrected chi connectivity index (χ4v) is 1.11. The van der Waals surface area contributed by atoms with Crippen molar-refractivity contribution >= 4 is 17.5 Å². The van der Waals surface area contributed by atoms with E-state index in [1.807, 2.05) is 0 Å². The van der Waals surface area contributed by atoms with Crippen molar-refractivity contribution in [1.82, 2.24) is 0 Å². The normalized spacial score (nSPS) is 11.5. The van der Waals surface area contributed by atoms with Crippen molar-refractivity contribution < 1.29 is 13.2 Å². The van der Waals surface area contributed by atoms with Gasteiger partial charge in [0.15, 0.2) is 0 Å². The Morgan fingerprint density at radius 3 is 2.23 bits per heavy atom. The maximum absolute atomic E-state index is 12.1. The van der Waals surface area contributed by atoms with Crippen molar-refractivity contribution in [1.29, 1.82) is 0 Å². The lowest BCUT2D eigenvalue weighted by molar-refractivity contribution is -0.115. The van der Waals surface area contributed by atoms with Gasteiger partial charge in [-0.05, 0) is 18.6 Å². The largest absolute Gasteiger partial charge is 0.499 e. The number of benzene rings is 1. The van der Waals surface area contributed by atoms with Crippen LogP contribution in [0.3, 0.4) is 0 Å². The third-order valence-corrected chi connectivity index (χ3v) is 1.92. The van der Waals surface area contributed by atoms with E-state index in [0.717, 1.165) is 0 Å². The molecule has 0 atom stereocenters. The Balaban J connectivity index is 3.02. The fourth-order valence-electron chi connectivity index (χ4n) is 0.920. The number of halogens is 4. The lowest BCUT2D eigenvalue weighted by Gasteiger charge is -2.20. The van der Waals surface area contributed by atoms with Crippen LogP contribution < -0.4 is 4.42 Å². The summed E-state index contributed by atoms with van der Waals surface area (Å²) in [4.78, 5) is 0. The fraction of sp³-hybridized carbons (Fsp3) is 0.250. The molecule has 0 aromatic heterocycles. The van der Waals surface area contributed by atoms with Crippen molar-refractivity contribution in [3.8, 4) is 0 Å². The van der Waals surface area contributed by atoms with Crippen molar-refractivity contribution in [2.24, 2.45) is 0 Å². The van der Waals surface area contributed by atoms with E-state index in [-0.39, 0.29) is 10.1 Å². The average Bonchev–Trinajstić information content (AvgIpc) is 2.02. The summed E-state index contributed by atoms with van der Waals surface area (Å²) in [6.45, 7) is 1.57. The number of para-hydroxylation sites is 1. The van der Waals surface area contributed by atoms with E-state index in [4.69, 9.17) is 11.8 Å². The van der Waals surface area contributed by atoms with Crippen LogP contribution in [0.1, 0.15) is 5.56 Å². The second-order valence-corrected chi connectivity index (χ2v) is 2.87. The molecule has 72 valence electrons. The Bertz CT molecular complexity index is 298. The van der Waals surface area contributed by atoms with Crippen LogP contribution >= 0.6 is 11.8 Å². The molecule has 0 aliphatic rings.